The van der Waals surface area contributed by atoms with Crippen molar-refractivity contribution in [2.75, 3.05) is 19.8 Å². The molecule has 2 saturated carbocycles. The number of nitrogens with zero attached hydrogens (tertiary/aromatic N) is 1. The molecule has 0 aliphatic heterocycles. The molecule has 0 unspecified atom stereocenters. The van der Waals surface area contributed by atoms with Crippen molar-refractivity contribution in [3.05, 3.63) is 0 Å². The molecule has 14 heavy (non-hydrogen) atoms. The standard InChI is InChI=1S/C10H19N3S/c1-11-9(13-8-3-4-8)12-7-10(14-2)5-6-10/h8H,3-7H2,1-2H3,(H2,11,12,13). The van der Waals surface area contributed by atoms with Crippen molar-refractivity contribution in [1.82, 2.24) is 10.6 Å². The number of aliphatic imine (C=N–C) groups is 1. The number of thioether (sulfide) groups is 1. The van der Waals surface area contributed by atoms with Gasteiger partial charge in [-0.1, -0.05) is 0 Å². The lowest BCUT2D eigenvalue weighted by Gasteiger charge is -2.16. The van der Waals surface area contributed by atoms with E-state index in [9.17, 15) is 0 Å². The van der Waals surface area contributed by atoms with Crippen molar-refractivity contribution in [3.8, 4) is 0 Å². The van der Waals surface area contributed by atoms with Gasteiger partial charge in [-0.2, -0.15) is 11.8 Å². The van der Waals surface area contributed by atoms with E-state index in [1.54, 1.807) is 0 Å². The van der Waals surface area contributed by atoms with Crippen molar-refractivity contribution in [1.29, 1.82) is 0 Å². The lowest BCUT2D eigenvalue weighted by molar-refractivity contribution is 0.765. The fourth-order valence-electron chi connectivity index (χ4n) is 1.45. The van der Waals surface area contributed by atoms with Gasteiger partial charge in [0.05, 0.1) is 0 Å². The molecule has 2 fully saturated rings. The van der Waals surface area contributed by atoms with Crippen LogP contribution in [0.25, 0.3) is 0 Å². The number of nitrogens with one attached hydrogen (secondary N) is 2. The second-order valence-corrected chi connectivity index (χ2v) is 5.51. The molecule has 0 aromatic rings. The van der Waals surface area contributed by atoms with E-state index in [1.807, 2.05) is 18.8 Å². The van der Waals surface area contributed by atoms with Crippen molar-refractivity contribution >= 4 is 17.7 Å². The van der Waals surface area contributed by atoms with Crippen LogP contribution in [-0.4, -0.2) is 36.6 Å². The minimum absolute atomic E-state index is 0.515. The number of hydrogen-bond donors (Lipinski definition) is 2. The number of guanidine groups is 1. The van der Waals surface area contributed by atoms with Crippen molar-refractivity contribution in [2.45, 2.75) is 36.5 Å². The maximum Gasteiger partial charge on any atom is 0.191 e. The molecule has 0 atom stereocenters. The lowest BCUT2D eigenvalue weighted by atomic mass is 10.4. The summed E-state index contributed by atoms with van der Waals surface area (Å²) < 4.78 is 0.515. The Morgan fingerprint density at radius 3 is 2.64 bits per heavy atom. The predicted octanol–water partition coefficient (Wildman–Crippen LogP) is 1.21. The van der Waals surface area contributed by atoms with E-state index in [-0.39, 0.29) is 0 Å². The molecule has 80 valence electrons. The highest BCUT2D eigenvalue weighted by Crippen LogP contribution is 2.46. The van der Waals surface area contributed by atoms with Gasteiger partial charge in [-0.3, -0.25) is 4.99 Å². The van der Waals surface area contributed by atoms with Gasteiger partial charge in [-0.25, -0.2) is 0 Å². The second kappa shape index (κ2) is 4.01. The normalized spacial score (nSPS) is 24.6. The summed E-state index contributed by atoms with van der Waals surface area (Å²) in [5.41, 5.74) is 0. The van der Waals surface area contributed by atoms with Crippen LogP contribution in [0.5, 0.6) is 0 Å². The summed E-state index contributed by atoms with van der Waals surface area (Å²) >= 11 is 1.98. The molecular weight excluding hydrogens is 194 g/mol. The van der Waals surface area contributed by atoms with Gasteiger partial charge in [0.15, 0.2) is 5.96 Å². The first-order chi connectivity index (χ1) is 6.78. The van der Waals surface area contributed by atoms with Crippen LogP contribution in [0.3, 0.4) is 0 Å². The highest BCUT2D eigenvalue weighted by Gasteiger charge is 2.41. The van der Waals surface area contributed by atoms with E-state index in [2.05, 4.69) is 21.9 Å². The van der Waals surface area contributed by atoms with Crippen LogP contribution >= 0.6 is 11.8 Å². The zero-order valence-electron chi connectivity index (χ0n) is 8.97. The summed E-state index contributed by atoms with van der Waals surface area (Å²) in [5.74, 6) is 0.979. The third-order valence-electron chi connectivity index (χ3n) is 2.96. The minimum atomic E-state index is 0.515. The summed E-state index contributed by atoms with van der Waals surface area (Å²) in [6.45, 7) is 1.06. The van der Waals surface area contributed by atoms with E-state index >= 15 is 0 Å². The molecule has 4 heteroatoms. The molecule has 0 aromatic heterocycles. The average Bonchev–Trinajstić information content (AvgIpc) is 3.08. The highest BCUT2D eigenvalue weighted by molar-refractivity contribution is 8.00. The van der Waals surface area contributed by atoms with Gasteiger partial charge in [0.2, 0.25) is 0 Å². The Morgan fingerprint density at radius 2 is 2.21 bits per heavy atom. The third-order valence-corrected chi connectivity index (χ3v) is 4.38. The Labute approximate surface area is 90.1 Å². The Hall–Kier alpha value is -0.380. The van der Waals surface area contributed by atoms with Crippen LogP contribution in [0, 0.1) is 0 Å². The van der Waals surface area contributed by atoms with Gasteiger partial charge in [0.1, 0.15) is 0 Å². The summed E-state index contributed by atoms with van der Waals surface area (Å²) in [6.07, 6.45) is 7.50. The van der Waals surface area contributed by atoms with E-state index in [0.717, 1.165) is 12.5 Å². The molecule has 0 saturated heterocycles. The quantitative estimate of drug-likeness (QED) is 0.544. The molecular formula is C10H19N3S. The third kappa shape index (κ3) is 2.56. The SMILES string of the molecule is CN=C(NCC1(SC)CC1)NC1CC1. The lowest BCUT2D eigenvalue weighted by Crippen LogP contribution is -2.42. The fraction of sp³-hybridized carbons (Fsp3) is 0.900. The maximum absolute atomic E-state index is 4.22. The Morgan fingerprint density at radius 1 is 1.50 bits per heavy atom. The molecule has 0 radical (unpaired) electrons. The molecule has 2 aliphatic rings. The minimum Gasteiger partial charge on any atom is -0.355 e. The van der Waals surface area contributed by atoms with E-state index in [0.29, 0.717) is 10.8 Å². The van der Waals surface area contributed by atoms with E-state index < -0.39 is 0 Å². The Kier molecular flexibility index (Phi) is 2.91. The van der Waals surface area contributed by atoms with Gasteiger partial charge in [0, 0.05) is 24.4 Å². The van der Waals surface area contributed by atoms with E-state index in [1.165, 1.54) is 25.7 Å². The van der Waals surface area contributed by atoms with Gasteiger partial charge < -0.3 is 10.6 Å². The van der Waals surface area contributed by atoms with Gasteiger partial charge in [-0.05, 0) is 31.9 Å². The van der Waals surface area contributed by atoms with Gasteiger partial charge in [-0.15, -0.1) is 0 Å². The van der Waals surface area contributed by atoms with Crippen molar-refractivity contribution in [2.24, 2.45) is 4.99 Å². The van der Waals surface area contributed by atoms with Gasteiger partial charge in [0.25, 0.3) is 0 Å². The van der Waals surface area contributed by atoms with Crippen LogP contribution in [0.15, 0.2) is 4.99 Å². The van der Waals surface area contributed by atoms with E-state index in [4.69, 9.17) is 0 Å². The first-order valence-electron chi connectivity index (χ1n) is 5.30. The molecule has 0 aromatic carbocycles. The Balaban J connectivity index is 1.71. The molecule has 0 amide bonds. The van der Waals surface area contributed by atoms with Crippen LogP contribution in [0.2, 0.25) is 0 Å². The molecule has 2 aliphatic carbocycles. The molecule has 3 nitrogen and oxygen atoms in total. The van der Waals surface area contributed by atoms with Crippen LogP contribution in [0.4, 0.5) is 0 Å². The first-order valence-corrected chi connectivity index (χ1v) is 6.53. The van der Waals surface area contributed by atoms with Crippen molar-refractivity contribution < 1.29 is 0 Å². The second-order valence-electron chi connectivity index (χ2n) is 4.23. The van der Waals surface area contributed by atoms with Crippen molar-refractivity contribution in [3.63, 3.8) is 0 Å². The van der Waals surface area contributed by atoms with Crippen LogP contribution in [-0.2, 0) is 0 Å². The number of hydrogen-bond acceptors (Lipinski definition) is 2. The first kappa shape index (κ1) is 10.1. The van der Waals surface area contributed by atoms with Crippen LogP contribution < -0.4 is 10.6 Å². The molecule has 2 N–H and O–H groups in total. The zero-order chi connectivity index (χ0) is 10.0. The molecule has 2 rings (SSSR count). The highest BCUT2D eigenvalue weighted by atomic mass is 32.2. The zero-order valence-corrected chi connectivity index (χ0v) is 9.78. The maximum atomic E-state index is 4.22. The number of rotatable bonds is 4. The molecule has 0 spiro atoms. The monoisotopic (exact) mass is 213 g/mol. The fourth-order valence-corrected chi connectivity index (χ4v) is 2.18. The summed E-state index contributed by atoms with van der Waals surface area (Å²) in [5, 5.41) is 6.81. The largest absolute Gasteiger partial charge is 0.355 e. The summed E-state index contributed by atoms with van der Waals surface area (Å²) in [4.78, 5) is 4.22. The smallest absolute Gasteiger partial charge is 0.191 e. The van der Waals surface area contributed by atoms with Gasteiger partial charge >= 0.3 is 0 Å². The molecule has 0 heterocycles. The summed E-state index contributed by atoms with van der Waals surface area (Å²) in [7, 11) is 1.84. The topological polar surface area (TPSA) is 36.4 Å². The van der Waals surface area contributed by atoms with Crippen LogP contribution in [0.1, 0.15) is 25.7 Å². The Bertz CT molecular complexity index is 232. The summed E-state index contributed by atoms with van der Waals surface area (Å²) in [6, 6.07) is 0.686. The predicted molar refractivity (Wildman–Crippen MR) is 63.0 cm³/mol. The average molecular weight is 213 g/mol. The molecule has 0 bridgehead atoms.